The quantitative estimate of drug-likeness (QED) is 0.493. The van der Waals surface area contributed by atoms with Gasteiger partial charge in [0.15, 0.2) is 0 Å². The fraction of sp³-hybridized carbons (Fsp3) is 0.292. The molecule has 0 heterocycles. The maximum atomic E-state index is 2.42. The first-order chi connectivity index (χ1) is 11.4. The normalized spacial score (nSPS) is 16.6. The van der Waals surface area contributed by atoms with E-state index in [1.807, 2.05) is 0 Å². The van der Waals surface area contributed by atoms with Crippen LogP contribution < -0.4 is 0 Å². The Bertz CT molecular complexity index is 764. The average Bonchev–Trinajstić information content (AvgIpc) is 2.58. The average molecular weight is 404 g/mol. The molecule has 127 valence electrons. The number of benzene rings is 2. The number of hydrogen-bond acceptors (Lipinski definition) is 0. The molecule has 2 aromatic rings. The van der Waals surface area contributed by atoms with E-state index in [0.29, 0.717) is 5.92 Å². The predicted molar refractivity (Wildman–Crippen MR) is 105 cm³/mol. The van der Waals surface area contributed by atoms with Crippen molar-refractivity contribution < 1.29 is 32.7 Å². The zero-order chi connectivity index (χ0) is 17.3. The van der Waals surface area contributed by atoms with Gasteiger partial charge in [0.1, 0.15) is 0 Å². The first kappa shape index (κ1) is 20.2. The molecular formula is C24H27Y-. The minimum Gasteiger partial charge on any atom is -0.221 e. The van der Waals surface area contributed by atoms with Crippen LogP contribution in [0.2, 0.25) is 0 Å². The molecule has 0 fully saturated rings. The van der Waals surface area contributed by atoms with E-state index in [-0.39, 0.29) is 38.1 Å². The molecular weight excluding hydrogens is 377 g/mol. The zero-order valence-corrected chi connectivity index (χ0v) is 18.8. The van der Waals surface area contributed by atoms with Crippen LogP contribution in [0.1, 0.15) is 45.7 Å². The van der Waals surface area contributed by atoms with Gasteiger partial charge in [-0.15, -0.1) is 6.92 Å². The molecule has 1 radical (unpaired) electrons. The molecule has 1 aliphatic rings. The van der Waals surface area contributed by atoms with Crippen molar-refractivity contribution in [2.75, 3.05) is 0 Å². The van der Waals surface area contributed by atoms with Gasteiger partial charge in [-0.05, 0) is 11.1 Å². The molecule has 0 amide bonds. The minimum atomic E-state index is 0. The largest absolute Gasteiger partial charge is 0.221 e. The number of rotatable bonds is 3. The van der Waals surface area contributed by atoms with Crippen LogP contribution in [-0.2, 0) is 32.7 Å². The number of hydrogen-bond donors (Lipinski definition) is 0. The van der Waals surface area contributed by atoms with Crippen molar-refractivity contribution in [2.24, 2.45) is 11.3 Å². The van der Waals surface area contributed by atoms with Gasteiger partial charge in [0, 0.05) is 32.7 Å². The molecule has 2 aromatic carbocycles. The molecule has 0 saturated carbocycles. The molecule has 1 heteroatoms. The van der Waals surface area contributed by atoms with Gasteiger partial charge in [-0.3, -0.25) is 0 Å². The van der Waals surface area contributed by atoms with Crippen LogP contribution in [0.15, 0.2) is 72.3 Å². The predicted octanol–water partition coefficient (Wildman–Crippen LogP) is 6.81. The second-order valence-corrected chi connectivity index (χ2v) is 7.54. The van der Waals surface area contributed by atoms with Gasteiger partial charge < -0.3 is 0 Å². The van der Waals surface area contributed by atoms with Gasteiger partial charge in [-0.25, -0.2) is 12.0 Å². The van der Waals surface area contributed by atoms with Gasteiger partial charge in [0.25, 0.3) is 0 Å². The van der Waals surface area contributed by atoms with E-state index in [1.54, 1.807) is 0 Å². The maximum Gasteiger partial charge on any atom is 0 e. The SMILES string of the molecule is C[C-]1C=C(C(C)C)C(c2ccccc2)=C(c2ccccc2)C1(C)C.[Y]. The molecule has 0 aromatic heterocycles. The van der Waals surface area contributed by atoms with Crippen LogP contribution in [0.3, 0.4) is 0 Å². The monoisotopic (exact) mass is 404 g/mol. The minimum absolute atomic E-state index is 0. The Morgan fingerprint density at radius 1 is 0.800 bits per heavy atom. The third-order valence-electron chi connectivity index (χ3n) is 5.27. The van der Waals surface area contributed by atoms with Gasteiger partial charge in [0.05, 0.1) is 0 Å². The van der Waals surface area contributed by atoms with E-state index < -0.39 is 0 Å². The van der Waals surface area contributed by atoms with Crippen molar-refractivity contribution in [1.29, 1.82) is 0 Å². The van der Waals surface area contributed by atoms with Crippen LogP contribution in [0.5, 0.6) is 0 Å². The maximum absolute atomic E-state index is 2.42. The Balaban J connectivity index is 0.00000225. The summed E-state index contributed by atoms with van der Waals surface area (Å²) in [7, 11) is 0. The number of allylic oxidation sites excluding steroid dienone is 4. The van der Waals surface area contributed by atoms with Crippen molar-refractivity contribution in [3.05, 3.63) is 89.4 Å². The van der Waals surface area contributed by atoms with E-state index in [1.165, 1.54) is 33.8 Å². The molecule has 0 N–H and O–H groups in total. The third-order valence-corrected chi connectivity index (χ3v) is 5.27. The van der Waals surface area contributed by atoms with Crippen LogP contribution in [0, 0.1) is 17.3 Å². The van der Waals surface area contributed by atoms with Crippen LogP contribution in [0.4, 0.5) is 0 Å². The molecule has 0 unspecified atom stereocenters. The van der Waals surface area contributed by atoms with E-state index in [4.69, 9.17) is 0 Å². The topological polar surface area (TPSA) is 0 Å². The van der Waals surface area contributed by atoms with Crippen LogP contribution in [0.25, 0.3) is 11.1 Å². The molecule has 1 aliphatic carbocycles. The molecule has 3 rings (SSSR count). The van der Waals surface area contributed by atoms with Crippen LogP contribution in [-0.4, -0.2) is 0 Å². The molecule has 0 nitrogen and oxygen atoms in total. The smallest absolute Gasteiger partial charge is 0 e. The Labute approximate surface area is 178 Å². The van der Waals surface area contributed by atoms with Gasteiger partial charge in [-0.2, -0.15) is 5.57 Å². The standard InChI is InChI=1S/C24H27.Y/c1-17(2)21-16-18(3)24(4,5)23(20-14-10-7-11-15-20)22(21)19-12-8-6-9-13-19;/h6-17H,1-5H3;/q-1;. The van der Waals surface area contributed by atoms with Gasteiger partial charge in [0.2, 0.25) is 0 Å². The van der Waals surface area contributed by atoms with Crippen molar-refractivity contribution in [3.8, 4) is 0 Å². The van der Waals surface area contributed by atoms with E-state index >= 15 is 0 Å². The van der Waals surface area contributed by atoms with E-state index in [9.17, 15) is 0 Å². The van der Waals surface area contributed by atoms with Crippen molar-refractivity contribution in [3.63, 3.8) is 0 Å². The van der Waals surface area contributed by atoms with Crippen molar-refractivity contribution in [2.45, 2.75) is 34.6 Å². The van der Waals surface area contributed by atoms with Crippen molar-refractivity contribution >= 4 is 11.1 Å². The Kier molecular flexibility index (Phi) is 6.52. The fourth-order valence-electron chi connectivity index (χ4n) is 3.62. The van der Waals surface area contributed by atoms with Gasteiger partial charge >= 0.3 is 0 Å². The summed E-state index contributed by atoms with van der Waals surface area (Å²) in [5.41, 5.74) is 6.95. The summed E-state index contributed by atoms with van der Waals surface area (Å²) < 4.78 is 0. The summed E-state index contributed by atoms with van der Waals surface area (Å²) >= 11 is 0. The van der Waals surface area contributed by atoms with E-state index in [2.05, 4.69) is 101 Å². The molecule has 0 aliphatic heterocycles. The summed E-state index contributed by atoms with van der Waals surface area (Å²) in [5.74, 6) is 1.93. The Hall–Kier alpha value is -1.11. The summed E-state index contributed by atoms with van der Waals surface area (Å²) in [4.78, 5) is 0. The first-order valence-electron chi connectivity index (χ1n) is 8.84. The summed E-state index contributed by atoms with van der Waals surface area (Å²) in [6, 6.07) is 21.7. The van der Waals surface area contributed by atoms with Gasteiger partial charge in [-0.1, -0.05) is 111 Å². The van der Waals surface area contributed by atoms with Crippen molar-refractivity contribution in [1.82, 2.24) is 0 Å². The second kappa shape index (κ2) is 8.06. The first-order valence-corrected chi connectivity index (χ1v) is 8.84. The molecule has 0 bridgehead atoms. The summed E-state index contributed by atoms with van der Waals surface area (Å²) in [6.07, 6.45) is 2.42. The Morgan fingerprint density at radius 3 is 1.76 bits per heavy atom. The molecule has 25 heavy (non-hydrogen) atoms. The molecule has 0 saturated heterocycles. The fourth-order valence-corrected chi connectivity index (χ4v) is 3.62. The third kappa shape index (κ3) is 3.86. The molecule has 0 spiro atoms. The Morgan fingerprint density at radius 2 is 1.28 bits per heavy atom. The summed E-state index contributed by atoms with van der Waals surface area (Å²) in [6.45, 7) is 11.6. The zero-order valence-electron chi connectivity index (χ0n) is 16.0. The molecule has 0 atom stereocenters. The van der Waals surface area contributed by atoms with E-state index in [0.717, 1.165) is 0 Å². The second-order valence-electron chi connectivity index (χ2n) is 7.54. The van der Waals surface area contributed by atoms with Crippen LogP contribution >= 0.6 is 0 Å². The summed E-state index contributed by atoms with van der Waals surface area (Å²) in [5, 5.41) is 0.